The summed E-state index contributed by atoms with van der Waals surface area (Å²) in [7, 11) is 0. The number of thioether (sulfide) groups is 1. The van der Waals surface area contributed by atoms with Gasteiger partial charge in [-0.2, -0.15) is 0 Å². The lowest BCUT2D eigenvalue weighted by Crippen LogP contribution is -2.58. The van der Waals surface area contributed by atoms with Gasteiger partial charge < -0.3 is 14.7 Å². The summed E-state index contributed by atoms with van der Waals surface area (Å²) in [5.41, 5.74) is -0.613. The highest BCUT2D eigenvalue weighted by molar-refractivity contribution is 8.14. The van der Waals surface area contributed by atoms with Crippen molar-refractivity contribution in [1.82, 2.24) is 9.80 Å². The van der Waals surface area contributed by atoms with Gasteiger partial charge in [-0.3, -0.25) is 14.5 Å². The Hall–Kier alpha value is -1.28. The number of hydrogen-bond donors (Lipinski definition) is 1. The van der Waals surface area contributed by atoms with Gasteiger partial charge in [0.1, 0.15) is 5.60 Å². The predicted molar refractivity (Wildman–Crippen MR) is 76.9 cm³/mol. The molecular formula is C13H20N2O5S. The first-order valence-electron chi connectivity index (χ1n) is 6.84. The van der Waals surface area contributed by atoms with Crippen molar-refractivity contribution in [1.29, 1.82) is 0 Å². The molecule has 0 radical (unpaired) electrons. The van der Waals surface area contributed by atoms with Crippen LogP contribution in [0.5, 0.6) is 0 Å². The number of carbonyl (C=O) groups is 3. The van der Waals surface area contributed by atoms with Crippen molar-refractivity contribution >= 4 is 29.0 Å². The van der Waals surface area contributed by atoms with E-state index in [0.717, 1.165) is 16.7 Å². The minimum atomic E-state index is -0.810. The standard InChI is InChI=1S/C13H20N2O5S/c1-13(2,3)20-11(18)14-5-4-9(16)8(6-14)15-10(17)7-21-12(15)19/h8-9,16H,4-7H2,1-3H3. The van der Waals surface area contributed by atoms with Crippen LogP contribution in [-0.2, 0) is 9.53 Å². The van der Waals surface area contributed by atoms with Crippen LogP contribution in [0.25, 0.3) is 0 Å². The maximum Gasteiger partial charge on any atom is 0.410 e. The Kier molecular flexibility index (Phi) is 4.48. The molecule has 2 aliphatic rings. The zero-order valence-electron chi connectivity index (χ0n) is 12.4. The average molecular weight is 316 g/mol. The third kappa shape index (κ3) is 3.68. The zero-order valence-corrected chi connectivity index (χ0v) is 13.2. The molecule has 0 aromatic heterocycles. The van der Waals surface area contributed by atoms with Gasteiger partial charge in [0.05, 0.1) is 17.9 Å². The van der Waals surface area contributed by atoms with Crippen LogP contribution in [0, 0.1) is 0 Å². The molecule has 0 spiro atoms. The smallest absolute Gasteiger partial charge is 0.410 e. The molecule has 2 fully saturated rings. The van der Waals surface area contributed by atoms with Crippen LogP contribution >= 0.6 is 11.8 Å². The van der Waals surface area contributed by atoms with Crippen molar-refractivity contribution in [3.05, 3.63) is 0 Å². The second kappa shape index (κ2) is 5.84. The molecule has 0 bridgehead atoms. The number of piperidine rings is 1. The van der Waals surface area contributed by atoms with Gasteiger partial charge >= 0.3 is 6.09 Å². The van der Waals surface area contributed by atoms with Gasteiger partial charge in [0.15, 0.2) is 0 Å². The molecule has 2 aliphatic heterocycles. The van der Waals surface area contributed by atoms with E-state index >= 15 is 0 Å². The highest BCUT2D eigenvalue weighted by Gasteiger charge is 2.43. The quantitative estimate of drug-likeness (QED) is 0.778. The van der Waals surface area contributed by atoms with Crippen LogP contribution in [0.4, 0.5) is 9.59 Å². The fourth-order valence-corrected chi connectivity index (χ4v) is 3.11. The van der Waals surface area contributed by atoms with Crippen LogP contribution in [0.2, 0.25) is 0 Å². The van der Waals surface area contributed by atoms with Gasteiger partial charge in [-0.1, -0.05) is 11.8 Å². The number of rotatable bonds is 1. The topological polar surface area (TPSA) is 87.2 Å². The average Bonchev–Trinajstić information content (AvgIpc) is 2.68. The van der Waals surface area contributed by atoms with E-state index in [1.807, 2.05) is 0 Å². The molecule has 1 N–H and O–H groups in total. The lowest BCUT2D eigenvalue weighted by Gasteiger charge is -2.39. The molecule has 7 nitrogen and oxygen atoms in total. The first kappa shape index (κ1) is 16.1. The molecule has 3 amide bonds. The molecule has 0 aromatic rings. The van der Waals surface area contributed by atoms with Crippen LogP contribution in [-0.4, -0.2) is 68.7 Å². The molecule has 2 atom stereocenters. The summed E-state index contributed by atoms with van der Waals surface area (Å²) < 4.78 is 5.29. The highest BCUT2D eigenvalue weighted by atomic mass is 32.2. The van der Waals surface area contributed by atoms with Gasteiger partial charge in [0, 0.05) is 13.1 Å². The van der Waals surface area contributed by atoms with E-state index in [1.165, 1.54) is 4.90 Å². The molecule has 0 saturated carbocycles. The second-order valence-electron chi connectivity index (χ2n) is 6.17. The number of hydrogen-bond acceptors (Lipinski definition) is 6. The molecule has 2 saturated heterocycles. The molecule has 0 aromatic carbocycles. The van der Waals surface area contributed by atoms with E-state index in [0.29, 0.717) is 13.0 Å². The number of imide groups is 1. The summed E-state index contributed by atoms with van der Waals surface area (Å²) in [6.45, 7) is 5.76. The molecule has 118 valence electrons. The Morgan fingerprint density at radius 2 is 2.05 bits per heavy atom. The largest absolute Gasteiger partial charge is 0.444 e. The number of aliphatic hydroxyl groups is 1. The van der Waals surface area contributed by atoms with Crippen LogP contribution in [0.15, 0.2) is 0 Å². The lowest BCUT2D eigenvalue weighted by molar-refractivity contribution is -0.129. The van der Waals surface area contributed by atoms with E-state index in [4.69, 9.17) is 4.74 Å². The number of nitrogens with zero attached hydrogens (tertiary/aromatic N) is 2. The molecule has 21 heavy (non-hydrogen) atoms. The van der Waals surface area contributed by atoms with Crippen molar-refractivity contribution < 1.29 is 24.2 Å². The molecular weight excluding hydrogens is 296 g/mol. The number of aliphatic hydroxyl groups excluding tert-OH is 1. The molecule has 8 heteroatoms. The Bertz CT molecular complexity index is 446. The number of carbonyl (C=O) groups excluding carboxylic acids is 3. The van der Waals surface area contributed by atoms with Crippen LogP contribution < -0.4 is 0 Å². The molecule has 2 rings (SSSR count). The summed E-state index contributed by atoms with van der Waals surface area (Å²) in [6, 6.07) is -0.693. The summed E-state index contributed by atoms with van der Waals surface area (Å²) in [6.07, 6.45) is -0.993. The number of amides is 3. The maximum atomic E-state index is 12.1. The summed E-state index contributed by atoms with van der Waals surface area (Å²) in [5, 5.41) is 9.70. The van der Waals surface area contributed by atoms with Gasteiger partial charge in [-0.05, 0) is 27.2 Å². The Morgan fingerprint density at radius 1 is 1.38 bits per heavy atom. The van der Waals surface area contributed by atoms with Gasteiger partial charge in [0.25, 0.3) is 5.24 Å². The fraction of sp³-hybridized carbons (Fsp3) is 0.769. The maximum absolute atomic E-state index is 12.1. The minimum absolute atomic E-state index is 0.0918. The number of ether oxygens (including phenoxy) is 1. The Labute approximate surface area is 127 Å². The Morgan fingerprint density at radius 3 is 2.57 bits per heavy atom. The number of likely N-dealkylation sites (tertiary alicyclic amines) is 1. The predicted octanol–water partition coefficient (Wildman–Crippen LogP) is 1.05. The van der Waals surface area contributed by atoms with Gasteiger partial charge in [-0.25, -0.2) is 4.79 Å². The van der Waals surface area contributed by atoms with E-state index < -0.39 is 23.8 Å². The summed E-state index contributed by atoms with van der Waals surface area (Å²) >= 11 is 0.920. The lowest BCUT2D eigenvalue weighted by atomic mass is 10.0. The third-order valence-corrected chi connectivity index (χ3v) is 4.15. The molecule has 2 unspecified atom stereocenters. The third-order valence-electron chi connectivity index (χ3n) is 3.31. The fourth-order valence-electron chi connectivity index (χ4n) is 2.35. The summed E-state index contributed by atoms with van der Waals surface area (Å²) in [4.78, 5) is 38.1. The molecule has 2 heterocycles. The van der Waals surface area contributed by atoms with Crippen LogP contribution in [0.1, 0.15) is 27.2 Å². The first-order chi connectivity index (χ1) is 9.69. The zero-order chi connectivity index (χ0) is 15.8. The second-order valence-corrected chi connectivity index (χ2v) is 7.09. The first-order valence-corrected chi connectivity index (χ1v) is 7.82. The van der Waals surface area contributed by atoms with Crippen molar-refractivity contribution in [3.8, 4) is 0 Å². The van der Waals surface area contributed by atoms with E-state index in [-0.39, 0.29) is 23.4 Å². The van der Waals surface area contributed by atoms with Crippen molar-refractivity contribution in [2.75, 3.05) is 18.8 Å². The van der Waals surface area contributed by atoms with E-state index in [1.54, 1.807) is 20.8 Å². The monoisotopic (exact) mass is 316 g/mol. The van der Waals surface area contributed by atoms with Crippen LogP contribution in [0.3, 0.4) is 0 Å². The summed E-state index contributed by atoms with van der Waals surface area (Å²) in [5.74, 6) is -0.228. The van der Waals surface area contributed by atoms with Gasteiger partial charge in [-0.15, -0.1) is 0 Å². The highest BCUT2D eigenvalue weighted by Crippen LogP contribution is 2.27. The minimum Gasteiger partial charge on any atom is -0.444 e. The van der Waals surface area contributed by atoms with Gasteiger partial charge in [0.2, 0.25) is 5.91 Å². The van der Waals surface area contributed by atoms with E-state index in [2.05, 4.69) is 0 Å². The normalized spacial score (nSPS) is 27.2. The van der Waals surface area contributed by atoms with Crippen molar-refractivity contribution in [2.45, 2.75) is 44.9 Å². The van der Waals surface area contributed by atoms with E-state index in [9.17, 15) is 19.5 Å². The Balaban J connectivity index is 2.07. The molecule has 0 aliphatic carbocycles. The van der Waals surface area contributed by atoms with Crippen molar-refractivity contribution in [3.63, 3.8) is 0 Å². The van der Waals surface area contributed by atoms with Crippen molar-refractivity contribution in [2.24, 2.45) is 0 Å². The SMILES string of the molecule is CC(C)(C)OC(=O)N1CCC(O)C(N2C(=O)CSC2=O)C1.